The molecule has 7 heteroatoms. The Balaban J connectivity index is 1.60. The highest BCUT2D eigenvalue weighted by atomic mass is 16.2. The predicted octanol–water partition coefficient (Wildman–Crippen LogP) is 0.477. The summed E-state index contributed by atoms with van der Waals surface area (Å²) in [5, 5.41) is 5.62. The van der Waals surface area contributed by atoms with Crippen LogP contribution in [0.4, 0.5) is 0 Å². The molecular weight excluding hydrogens is 332 g/mol. The third-order valence-electron chi connectivity index (χ3n) is 4.36. The van der Waals surface area contributed by atoms with E-state index in [-0.39, 0.29) is 17.7 Å². The minimum Gasteiger partial charge on any atom is -0.355 e. The maximum Gasteiger partial charge on any atom is 0.251 e. The molecule has 0 aromatic heterocycles. The molecule has 0 atom stereocenters. The molecule has 2 N–H and O–H groups in total. The van der Waals surface area contributed by atoms with E-state index in [9.17, 15) is 14.4 Å². The van der Waals surface area contributed by atoms with Crippen LogP contribution in [0.1, 0.15) is 30.1 Å². The van der Waals surface area contributed by atoms with Crippen LogP contribution < -0.4 is 10.6 Å². The molecule has 142 valence electrons. The molecule has 1 fully saturated rings. The van der Waals surface area contributed by atoms with Gasteiger partial charge in [0, 0.05) is 51.3 Å². The SMILES string of the molecule is CCNC(=O)CN1CCN(C(=O)CCCNC(=O)c2ccccc2)CC1. The predicted molar refractivity (Wildman–Crippen MR) is 99.7 cm³/mol. The summed E-state index contributed by atoms with van der Waals surface area (Å²) in [6.07, 6.45) is 1.04. The number of rotatable bonds is 8. The summed E-state index contributed by atoms with van der Waals surface area (Å²) in [5.41, 5.74) is 0.627. The van der Waals surface area contributed by atoms with Gasteiger partial charge in [-0.25, -0.2) is 0 Å². The van der Waals surface area contributed by atoms with Crippen molar-refractivity contribution >= 4 is 17.7 Å². The van der Waals surface area contributed by atoms with Crippen LogP contribution in [0.25, 0.3) is 0 Å². The van der Waals surface area contributed by atoms with Gasteiger partial charge in [0.15, 0.2) is 0 Å². The van der Waals surface area contributed by atoms with E-state index >= 15 is 0 Å². The van der Waals surface area contributed by atoms with E-state index in [1.165, 1.54) is 0 Å². The molecule has 26 heavy (non-hydrogen) atoms. The molecule has 7 nitrogen and oxygen atoms in total. The Labute approximate surface area is 154 Å². The van der Waals surface area contributed by atoms with Gasteiger partial charge in [-0.3, -0.25) is 19.3 Å². The zero-order valence-electron chi connectivity index (χ0n) is 15.4. The van der Waals surface area contributed by atoms with Crippen LogP contribution >= 0.6 is 0 Å². The quantitative estimate of drug-likeness (QED) is 0.661. The number of nitrogens with one attached hydrogen (secondary N) is 2. The fourth-order valence-corrected chi connectivity index (χ4v) is 2.90. The molecule has 2 rings (SSSR count). The third-order valence-corrected chi connectivity index (χ3v) is 4.36. The van der Waals surface area contributed by atoms with E-state index in [1.54, 1.807) is 12.1 Å². The number of hydrogen-bond acceptors (Lipinski definition) is 4. The number of piperazine rings is 1. The molecule has 0 unspecified atom stereocenters. The Bertz CT molecular complexity index is 598. The Morgan fingerprint density at radius 2 is 1.69 bits per heavy atom. The van der Waals surface area contributed by atoms with Crippen molar-refractivity contribution in [2.75, 3.05) is 45.8 Å². The average molecular weight is 360 g/mol. The summed E-state index contributed by atoms with van der Waals surface area (Å²) in [5.74, 6) is 0.0232. The topological polar surface area (TPSA) is 81.8 Å². The molecule has 0 spiro atoms. The van der Waals surface area contributed by atoms with Crippen LogP contribution in [0, 0.1) is 0 Å². The average Bonchev–Trinajstić information content (AvgIpc) is 2.66. The van der Waals surface area contributed by atoms with Gasteiger partial charge in [-0.2, -0.15) is 0 Å². The highest BCUT2D eigenvalue weighted by Crippen LogP contribution is 2.05. The van der Waals surface area contributed by atoms with Crippen LogP contribution in [-0.2, 0) is 9.59 Å². The first-order valence-corrected chi connectivity index (χ1v) is 9.20. The van der Waals surface area contributed by atoms with Crippen molar-refractivity contribution in [1.82, 2.24) is 20.4 Å². The van der Waals surface area contributed by atoms with Crippen LogP contribution in [0.5, 0.6) is 0 Å². The number of carbonyl (C=O) groups excluding carboxylic acids is 3. The Hall–Kier alpha value is -2.41. The van der Waals surface area contributed by atoms with E-state index in [1.807, 2.05) is 30.0 Å². The van der Waals surface area contributed by atoms with Crippen molar-refractivity contribution < 1.29 is 14.4 Å². The van der Waals surface area contributed by atoms with E-state index in [0.717, 1.165) is 0 Å². The minimum atomic E-state index is -0.114. The zero-order chi connectivity index (χ0) is 18.8. The summed E-state index contributed by atoms with van der Waals surface area (Å²) in [7, 11) is 0. The lowest BCUT2D eigenvalue weighted by Gasteiger charge is -2.34. The number of nitrogens with zero attached hydrogens (tertiary/aromatic N) is 2. The van der Waals surface area contributed by atoms with Crippen molar-refractivity contribution in [1.29, 1.82) is 0 Å². The normalized spacial score (nSPS) is 14.7. The summed E-state index contributed by atoms with van der Waals surface area (Å²) >= 11 is 0. The summed E-state index contributed by atoms with van der Waals surface area (Å²) < 4.78 is 0. The number of amides is 3. The lowest BCUT2D eigenvalue weighted by atomic mass is 10.2. The van der Waals surface area contributed by atoms with E-state index in [4.69, 9.17) is 0 Å². The van der Waals surface area contributed by atoms with Gasteiger partial charge in [-0.1, -0.05) is 18.2 Å². The van der Waals surface area contributed by atoms with Gasteiger partial charge in [0.2, 0.25) is 11.8 Å². The zero-order valence-corrected chi connectivity index (χ0v) is 15.4. The van der Waals surface area contributed by atoms with E-state index < -0.39 is 0 Å². The second kappa shape index (κ2) is 10.6. The van der Waals surface area contributed by atoms with Crippen molar-refractivity contribution in [2.45, 2.75) is 19.8 Å². The highest BCUT2D eigenvalue weighted by Gasteiger charge is 2.21. The molecule has 0 bridgehead atoms. The number of likely N-dealkylation sites (N-methyl/N-ethyl adjacent to an activating group) is 1. The molecule has 0 aliphatic carbocycles. The maximum atomic E-state index is 12.3. The van der Waals surface area contributed by atoms with Gasteiger partial charge in [-0.15, -0.1) is 0 Å². The smallest absolute Gasteiger partial charge is 0.251 e. The second-order valence-electron chi connectivity index (χ2n) is 6.34. The standard InChI is InChI=1S/C19H28N4O3/c1-2-20-17(24)15-22-11-13-23(14-12-22)18(25)9-6-10-21-19(26)16-7-4-3-5-8-16/h3-5,7-8H,2,6,9-15H2,1H3,(H,20,24)(H,21,26). The third kappa shape index (κ3) is 6.48. The molecule has 1 saturated heterocycles. The number of hydrogen-bond donors (Lipinski definition) is 2. The van der Waals surface area contributed by atoms with Crippen LogP contribution in [0.3, 0.4) is 0 Å². The lowest BCUT2D eigenvalue weighted by Crippen LogP contribution is -2.51. The van der Waals surface area contributed by atoms with E-state index in [2.05, 4.69) is 15.5 Å². The number of carbonyl (C=O) groups is 3. The molecule has 1 aromatic carbocycles. The molecular formula is C19H28N4O3. The van der Waals surface area contributed by atoms with E-state index in [0.29, 0.717) is 64.2 Å². The van der Waals surface area contributed by atoms with Crippen molar-refractivity contribution in [3.63, 3.8) is 0 Å². The Morgan fingerprint density at radius 1 is 1.00 bits per heavy atom. The van der Waals surface area contributed by atoms with Crippen molar-refractivity contribution in [2.24, 2.45) is 0 Å². The summed E-state index contributed by atoms with van der Waals surface area (Å²) in [6, 6.07) is 9.04. The second-order valence-corrected chi connectivity index (χ2v) is 6.34. The molecule has 0 radical (unpaired) electrons. The van der Waals surface area contributed by atoms with Crippen LogP contribution in [-0.4, -0.2) is 73.3 Å². The monoisotopic (exact) mass is 360 g/mol. The van der Waals surface area contributed by atoms with Crippen LogP contribution in [0.15, 0.2) is 30.3 Å². The Kier molecular flexibility index (Phi) is 8.08. The first-order valence-electron chi connectivity index (χ1n) is 9.20. The number of benzene rings is 1. The van der Waals surface area contributed by atoms with Gasteiger partial charge in [0.25, 0.3) is 5.91 Å². The van der Waals surface area contributed by atoms with Crippen molar-refractivity contribution in [3.8, 4) is 0 Å². The summed E-state index contributed by atoms with van der Waals surface area (Å²) in [4.78, 5) is 39.7. The molecule has 1 aliphatic heterocycles. The molecule has 1 heterocycles. The fraction of sp³-hybridized carbons (Fsp3) is 0.526. The highest BCUT2D eigenvalue weighted by molar-refractivity contribution is 5.94. The molecule has 1 aromatic rings. The van der Waals surface area contributed by atoms with Gasteiger partial charge >= 0.3 is 0 Å². The summed E-state index contributed by atoms with van der Waals surface area (Å²) in [6.45, 7) is 6.14. The first-order chi connectivity index (χ1) is 12.6. The van der Waals surface area contributed by atoms with Gasteiger partial charge in [0.05, 0.1) is 6.54 Å². The molecule has 3 amide bonds. The van der Waals surface area contributed by atoms with Gasteiger partial charge < -0.3 is 15.5 Å². The van der Waals surface area contributed by atoms with Gasteiger partial charge in [-0.05, 0) is 25.5 Å². The van der Waals surface area contributed by atoms with Gasteiger partial charge in [0.1, 0.15) is 0 Å². The Morgan fingerprint density at radius 3 is 2.35 bits per heavy atom. The molecule has 0 saturated carbocycles. The lowest BCUT2D eigenvalue weighted by molar-refractivity contribution is -0.133. The minimum absolute atomic E-state index is 0.0291. The first kappa shape index (κ1) is 19.9. The fourth-order valence-electron chi connectivity index (χ4n) is 2.90. The van der Waals surface area contributed by atoms with Crippen LogP contribution in [0.2, 0.25) is 0 Å². The van der Waals surface area contributed by atoms with Crippen molar-refractivity contribution in [3.05, 3.63) is 35.9 Å². The largest absolute Gasteiger partial charge is 0.355 e. The maximum absolute atomic E-state index is 12.3. The molecule has 1 aliphatic rings.